The van der Waals surface area contributed by atoms with Gasteiger partial charge in [0.2, 0.25) is 5.95 Å². The van der Waals surface area contributed by atoms with Crippen molar-refractivity contribution in [2.24, 2.45) is 0 Å². The van der Waals surface area contributed by atoms with Crippen LogP contribution in [-0.2, 0) is 32.3 Å². The van der Waals surface area contributed by atoms with E-state index in [1.54, 1.807) is 4.57 Å². The molecule has 3 aromatic rings. The SMILES string of the molecule is CC(=O)OCC(COCc1ccccc1)OCn1cnc2c(=O)[nH]c(N)nc21. The maximum Gasteiger partial charge on any atom is 0.302 e. The Morgan fingerprint density at radius 3 is 2.82 bits per heavy atom. The fraction of sp³-hybridized carbons (Fsp3) is 0.333. The molecule has 1 aromatic carbocycles. The lowest BCUT2D eigenvalue weighted by Gasteiger charge is -2.18. The van der Waals surface area contributed by atoms with Gasteiger partial charge in [-0.1, -0.05) is 30.3 Å². The van der Waals surface area contributed by atoms with Crippen molar-refractivity contribution in [3.8, 4) is 0 Å². The molecule has 0 amide bonds. The summed E-state index contributed by atoms with van der Waals surface area (Å²) in [5, 5.41) is 0. The van der Waals surface area contributed by atoms with Gasteiger partial charge < -0.3 is 19.9 Å². The Morgan fingerprint density at radius 2 is 2.07 bits per heavy atom. The van der Waals surface area contributed by atoms with Crippen LogP contribution < -0.4 is 11.3 Å². The number of carbonyl (C=O) groups excluding carboxylic acids is 1. The second-order valence-corrected chi connectivity index (χ2v) is 6.06. The first-order valence-corrected chi connectivity index (χ1v) is 8.60. The molecule has 0 fully saturated rings. The van der Waals surface area contributed by atoms with Crippen molar-refractivity contribution in [1.29, 1.82) is 0 Å². The Labute approximate surface area is 160 Å². The van der Waals surface area contributed by atoms with Crippen LogP contribution in [0.25, 0.3) is 11.2 Å². The normalized spacial score (nSPS) is 12.2. The molecule has 2 heterocycles. The van der Waals surface area contributed by atoms with Gasteiger partial charge in [-0.2, -0.15) is 4.98 Å². The fourth-order valence-electron chi connectivity index (χ4n) is 2.49. The molecule has 0 aliphatic carbocycles. The van der Waals surface area contributed by atoms with E-state index in [-0.39, 0.29) is 31.4 Å². The molecule has 0 bridgehead atoms. The van der Waals surface area contributed by atoms with Crippen LogP contribution >= 0.6 is 0 Å². The first kappa shape index (κ1) is 19.5. The van der Waals surface area contributed by atoms with E-state index < -0.39 is 17.6 Å². The molecule has 0 aliphatic rings. The van der Waals surface area contributed by atoms with Crippen LogP contribution in [0.1, 0.15) is 12.5 Å². The summed E-state index contributed by atoms with van der Waals surface area (Å²) >= 11 is 0. The van der Waals surface area contributed by atoms with Crippen molar-refractivity contribution in [1.82, 2.24) is 19.5 Å². The van der Waals surface area contributed by atoms with Gasteiger partial charge >= 0.3 is 5.97 Å². The van der Waals surface area contributed by atoms with Crippen LogP contribution in [0.3, 0.4) is 0 Å². The topological polar surface area (TPSA) is 134 Å². The van der Waals surface area contributed by atoms with E-state index in [9.17, 15) is 9.59 Å². The van der Waals surface area contributed by atoms with Gasteiger partial charge in [-0.25, -0.2) is 4.98 Å². The standard InChI is InChI=1S/C18H21N5O5/c1-12(24)27-9-14(8-26-7-13-5-3-2-4-6-13)28-11-23-10-20-15-16(23)21-18(19)22-17(15)25/h2-6,10,14H,7-9,11H2,1H3,(H3,19,21,22,25). The predicted octanol–water partition coefficient (Wildman–Crippen LogP) is 0.824. The number of esters is 1. The lowest BCUT2D eigenvalue weighted by atomic mass is 10.2. The Hall–Kier alpha value is -3.24. The Morgan fingerprint density at radius 1 is 1.29 bits per heavy atom. The van der Waals surface area contributed by atoms with Crippen molar-refractivity contribution >= 4 is 23.1 Å². The second-order valence-electron chi connectivity index (χ2n) is 6.06. The summed E-state index contributed by atoms with van der Waals surface area (Å²) in [4.78, 5) is 33.4. The van der Waals surface area contributed by atoms with E-state index >= 15 is 0 Å². The van der Waals surface area contributed by atoms with Crippen LogP contribution in [-0.4, -0.2) is 44.8 Å². The van der Waals surface area contributed by atoms with Crippen molar-refractivity contribution in [2.45, 2.75) is 26.4 Å². The van der Waals surface area contributed by atoms with E-state index in [2.05, 4.69) is 15.0 Å². The Bertz CT molecular complexity index is 985. The first-order chi connectivity index (χ1) is 13.5. The number of hydrogen-bond donors (Lipinski definition) is 2. The van der Waals surface area contributed by atoms with Crippen molar-refractivity contribution in [2.75, 3.05) is 18.9 Å². The Kier molecular flexibility index (Phi) is 6.35. The number of anilines is 1. The molecule has 3 rings (SSSR count). The predicted molar refractivity (Wildman–Crippen MR) is 100 cm³/mol. The summed E-state index contributed by atoms with van der Waals surface area (Å²) < 4.78 is 18.1. The highest BCUT2D eigenvalue weighted by Gasteiger charge is 2.15. The minimum atomic E-state index is -0.510. The average molecular weight is 387 g/mol. The highest BCUT2D eigenvalue weighted by Crippen LogP contribution is 2.09. The van der Waals surface area contributed by atoms with Gasteiger partial charge in [0, 0.05) is 6.92 Å². The number of aromatic amines is 1. The lowest BCUT2D eigenvalue weighted by Crippen LogP contribution is -2.27. The van der Waals surface area contributed by atoms with E-state index in [1.807, 2.05) is 30.3 Å². The van der Waals surface area contributed by atoms with Gasteiger partial charge in [0.25, 0.3) is 5.56 Å². The van der Waals surface area contributed by atoms with Crippen LogP contribution in [0.5, 0.6) is 0 Å². The average Bonchev–Trinajstić information content (AvgIpc) is 3.07. The smallest absolute Gasteiger partial charge is 0.302 e. The number of benzene rings is 1. The number of nitrogens with zero attached hydrogens (tertiary/aromatic N) is 3. The molecule has 0 radical (unpaired) electrons. The number of nitrogen functional groups attached to an aromatic ring is 1. The van der Waals surface area contributed by atoms with Gasteiger partial charge in [0.15, 0.2) is 11.2 Å². The zero-order valence-corrected chi connectivity index (χ0v) is 15.3. The summed E-state index contributed by atoms with van der Waals surface area (Å²) in [7, 11) is 0. The second kappa shape index (κ2) is 9.11. The van der Waals surface area contributed by atoms with Crippen LogP contribution in [0.2, 0.25) is 0 Å². The molecular weight excluding hydrogens is 366 g/mol. The van der Waals surface area contributed by atoms with Crippen molar-refractivity contribution in [3.05, 3.63) is 52.6 Å². The summed E-state index contributed by atoms with van der Waals surface area (Å²) in [5.74, 6) is -0.423. The molecule has 1 unspecified atom stereocenters. The van der Waals surface area contributed by atoms with Gasteiger partial charge in [-0.15, -0.1) is 0 Å². The fourth-order valence-corrected chi connectivity index (χ4v) is 2.49. The van der Waals surface area contributed by atoms with E-state index in [0.717, 1.165) is 5.56 Å². The maximum absolute atomic E-state index is 11.8. The summed E-state index contributed by atoms with van der Waals surface area (Å²) in [6, 6.07) is 9.68. The minimum Gasteiger partial charge on any atom is -0.463 e. The number of imidazole rings is 1. The molecular formula is C18H21N5O5. The zero-order valence-electron chi connectivity index (χ0n) is 15.3. The van der Waals surface area contributed by atoms with E-state index in [1.165, 1.54) is 13.3 Å². The molecule has 10 heteroatoms. The Balaban J connectivity index is 1.62. The molecule has 0 spiro atoms. The summed E-state index contributed by atoms with van der Waals surface area (Å²) in [6.07, 6.45) is 0.921. The zero-order chi connectivity index (χ0) is 19.9. The number of rotatable bonds is 9. The van der Waals surface area contributed by atoms with Crippen molar-refractivity contribution in [3.63, 3.8) is 0 Å². The van der Waals surface area contributed by atoms with Crippen LogP contribution in [0, 0.1) is 0 Å². The number of ether oxygens (including phenoxy) is 3. The lowest BCUT2D eigenvalue weighted by molar-refractivity contribution is -0.149. The van der Waals surface area contributed by atoms with Gasteiger partial charge in [-0.3, -0.25) is 19.1 Å². The molecule has 28 heavy (non-hydrogen) atoms. The molecule has 10 nitrogen and oxygen atoms in total. The number of hydrogen-bond acceptors (Lipinski definition) is 8. The number of aromatic nitrogens is 4. The van der Waals surface area contributed by atoms with Gasteiger partial charge in [0.1, 0.15) is 19.4 Å². The highest BCUT2D eigenvalue weighted by atomic mass is 16.6. The maximum atomic E-state index is 11.8. The third-order valence-electron chi connectivity index (χ3n) is 3.83. The van der Waals surface area contributed by atoms with Gasteiger partial charge in [0.05, 0.1) is 19.5 Å². The minimum absolute atomic E-state index is 0.0121. The largest absolute Gasteiger partial charge is 0.463 e. The number of carbonyl (C=O) groups is 1. The number of H-pyrrole nitrogens is 1. The van der Waals surface area contributed by atoms with Crippen LogP contribution in [0.4, 0.5) is 5.95 Å². The molecule has 0 saturated carbocycles. The number of fused-ring (bicyclic) bond motifs is 1. The molecule has 0 saturated heterocycles. The van der Waals surface area contributed by atoms with Crippen LogP contribution in [0.15, 0.2) is 41.5 Å². The third kappa shape index (κ3) is 5.15. The third-order valence-corrected chi connectivity index (χ3v) is 3.83. The molecule has 1 atom stereocenters. The quantitative estimate of drug-likeness (QED) is 0.516. The van der Waals surface area contributed by atoms with E-state index in [0.29, 0.717) is 12.3 Å². The first-order valence-electron chi connectivity index (χ1n) is 8.60. The monoisotopic (exact) mass is 387 g/mol. The summed E-state index contributed by atoms with van der Waals surface area (Å²) in [5.41, 5.74) is 6.64. The highest BCUT2D eigenvalue weighted by molar-refractivity contribution is 5.70. The van der Waals surface area contributed by atoms with E-state index in [4.69, 9.17) is 19.9 Å². The molecule has 148 valence electrons. The molecule has 3 N–H and O–H groups in total. The number of nitrogens with one attached hydrogen (secondary N) is 1. The molecule has 2 aromatic heterocycles. The summed E-state index contributed by atoms with van der Waals surface area (Å²) in [6.45, 7) is 2.01. The molecule has 0 aliphatic heterocycles. The number of nitrogens with two attached hydrogens (primary N) is 1. The van der Waals surface area contributed by atoms with Gasteiger partial charge in [-0.05, 0) is 5.56 Å². The van der Waals surface area contributed by atoms with Crippen molar-refractivity contribution < 1.29 is 19.0 Å².